The molecule has 0 atom stereocenters. The van der Waals surface area contributed by atoms with E-state index in [2.05, 4.69) is 32.7 Å². The lowest BCUT2D eigenvalue weighted by atomic mass is 10.0. The van der Waals surface area contributed by atoms with Crippen molar-refractivity contribution in [3.05, 3.63) is 23.9 Å². The molecule has 0 unspecified atom stereocenters. The first-order chi connectivity index (χ1) is 11.6. The summed E-state index contributed by atoms with van der Waals surface area (Å²) in [6.45, 7) is 12.2. The zero-order valence-corrected chi connectivity index (χ0v) is 15.2. The van der Waals surface area contributed by atoms with Crippen molar-refractivity contribution in [2.24, 2.45) is 5.92 Å². The van der Waals surface area contributed by atoms with Gasteiger partial charge in [0.15, 0.2) is 0 Å². The van der Waals surface area contributed by atoms with E-state index < -0.39 is 0 Å². The fourth-order valence-corrected chi connectivity index (χ4v) is 3.92. The molecule has 0 spiro atoms. The first-order valence-electron chi connectivity index (χ1n) is 9.25. The molecule has 2 aliphatic rings. The van der Waals surface area contributed by atoms with Gasteiger partial charge < -0.3 is 9.80 Å². The highest BCUT2D eigenvalue weighted by molar-refractivity contribution is 5.78. The van der Waals surface area contributed by atoms with E-state index in [0.29, 0.717) is 11.9 Å². The zero-order valence-electron chi connectivity index (χ0n) is 15.2. The maximum absolute atomic E-state index is 12.1. The van der Waals surface area contributed by atoms with Crippen molar-refractivity contribution in [2.75, 3.05) is 44.2 Å². The van der Waals surface area contributed by atoms with E-state index in [-0.39, 0.29) is 5.92 Å². The summed E-state index contributed by atoms with van der Waals surface area (Å²) >= 11 is 0. The molecule has 0 bridgehead atoms. The van der Waals surface area contributed by atoms with Crippen molar-refractivity contribution in [2.45, 2.75) is 39.7 Å². The molecule has 2 fully saturated rings. The number of piperidine rings is 1. The lowest BCUT2D eigenvalue weighted by Gasteiger charge is -2.43. The van der Waals surface area contributed by atoms with E-state index in [1.54, 1.807) is 0 Å². The van der Waals surface area contributed by atoms with Crippen LogP contribution in [0.25, 0.3) is 0 Å². The van der Waals surface area contributed by atoms with Gasteiger partial charge in [0.05, 0.1) is 0 Å². The summed E-state index contributed by atoms with van der Waals surface area (Å²) < 4.78 is 0. The molecule has 24 heavy (non-hydrogen) atoms. The number of pyridine rings is 1. The molecule has 2 saturated heterocycles. The van der Waals surface area contributed by atoms with Crippen LogP contribution in [-0.2, 0) is 4.79 Å². The molecule has 2 aliphatic heterocycles. The Morgan fingerprint density at radius 2 is 1.79 bits per heavy atom. The lowest BCUT2D eigenvalue weighted by Crippen LogP contribution is -2.54. The Morgan fingerprint density at radius 1 is 1.12 bits per heavy atom. The SMILES string of the molecule is Cc1cccnc1N1CCN(C2CCN(C(=O)C(C)C)CC2)CC1. The average Bonchev–Trinajstić information content (AvgIpc) is 2.62. The third-order valence-electron chi connectivity index (χ3n) is 5.38. The molecule has 0 aromatic carbocycles. The molecule has 0 saturated carbocycles. The summed E-state index contributed by atoms with van der Waals surface area (Å²) in [5, 5.41) is 0. The Labute approximate surface area is 145 Å². The standard InChI is InChI=1S/C19H30N4O/c1-15(2)19(24)23-9-6-17(7-10-23)21-11-13-22(14-12-21)18-16(3)5-4-8-20-18/h4-5,8,15,17H,6-7,9-14H2,1-3H3. The van der Waals surface area contributed by atoms with Gasteiger partial charge in [0.25, 0.3) is 0 Å². The van der Waals surface area contributed by atoms with Gasteiger partial charge in [0.1, 0.15) is 5.82 Å². The van der Waals surface area contributed by atoms with Crippen LogP contribution in [0.3, 0.4) is 0 Å². The largest absolute Gasteiger partial charge is 0.354 e. The van der Waals surface area contributed by atoms with Crippen molar-refractivity contribution < 1.29 is 4.79 Å². The first-order valence-corrected chi connectivity index (χ1v) is 9.25. The zero-order chi connectivity index (χ0) is 17.1. The van der Waals surface area contributed by atoms with E-state index in [0.717, 1.165) is 57.9 Å². The minimum Gasteiger partial charge on any atom is -0.354 e. The summed E-state index contributed by atoms with van der Waals surface area (Å²) in [7, 11) is 0. The highest BCUT2D eigenvalue weighted by Gasteiger charge is 2.30. The Hall–Kier alpha value is -1.62. The quantitative estimate of drug-likeness (QED) is 0.851. The van der Waals surface area contributed by atoms with E-state index in [1.165, 1.54) is 5.56 Å². The number of rotatable bonds is 3. The monoisotopic (exact) mass is 330 g/mol. The molecule has 5 heteroatoms. The van der Waals surface area contributed by atoms with Gasteiger partial charge in [-0.25, -0.2) is 4.98 Å². The molecule has 0 aliphatic carbocycles. The van der Waals surface area contributed by atoms with Crippen LogP contribution in [0.1, 0.15) is 32.3 Å². The Morgan fingerprint density at radius 3 is 2.38 bits per heavy atom. The van der Waals surface area contributed by atoms with Crippen molar-refractivity contribution in [1.82, 2.24) is 14.8 Å². The molecular weight excluding hydrogens is 300 g/mol. The number of amides is 1. The summed E-state index contributed by atoms with van der Waals surface area (Å²) in [5.74, 6) is 1.56. The number of anilines is 1. The fourth-order valence-electron chi connectivity index (χ4n) is 3.92. The number of carbonyl (C=O) groups excluding carboxylic acids is 1. The van der Waals surface area contributed by atoms with Crippen molar-refractivity contribution in [1.29, 1.82) is 0 Å². The van der Waals surface area contributed by atoms with Gasteiger partial charge in [-0.15, -0.1) is 0 Å². The molecule has 3 rings (SSSR count). The van der Waals surface area contributed by atoms with E-state index in [4.69, 9.17) is 0 Å². The van der Waals surface area contributed by atoms with E-state index >= 15 is 0 Å². The highest BCUT2D eigenvalue weighted by Crippen LogP contribution is 2.22. The van der Waals surface area contributed by atoms with Crippen LogP contribution >= 0.6 is 0 Å². The molecule has 1 amide bonds. The summed E-state index contributed by atoms with van der Waals surface area (Å²) in [6.07, 6.45) is 4.11. The van der Waals surface area contributed by atoms with Crippen LogP contribution in [0.15, 0.2) is 18.3 Å². The van der Waals surface area contributed by atoms with Gasteiger partial charge in [-0.1, -0.05) is 19.9 Å². The molecule has 1 aromatic heterocycles. The molecular formula is C19H30N4O. The van der Waals surface area contributed by atoms with Crippen LogP contribution in [0.2, 0.25) is 0 Å². The van der Waals surface area contributed by atoms with Crippen LogP contribution in [-0.4, -0.2) is 66.0 Å². The number of carbonyl (C=O) groups is 1. The third-order valence-corrected chi connectivity index (χ3v) is 5.38. The van der Waals surface area contributed by atoms with Crippen molar-refractivity contribution in [3.8, 4) is 0 Å². The Kier molecular flexibility index (Phi) is 5.39. The van der Waals surface area contributed by atoms with Gasteiger partial charge in [0.2, 0.25) is 5.91 Å². The number of hydrogen-bond donors (Lipinski definition) is 0. The number of hydrogen-bond acceptors (Lipinski definition) is 4. The second-order valence-electron chi connectivity index (χ2n) is 7.38. The molecule has 5 nitrogen and oxygen atoms in total. The van der Waals surface area contributed by atoms with Gasteiger partial charge in [-0.2, -0.15) is 0 Å². The molecule has 0 radical (unpaired) electrons. The first kappa shape index (κ1) is 17.2. The Balaban J connectivity index is 1.50. The van der Waals surface area contributed by atoms with Crippen LogP contribution < -0.4 is 4.90 Å². The smallest absolute Gasteiger partial charge is 0.225 e. The second-order valence-corrected chi connectivity index (χ2v) is 7.38. The molecule has 132 valence electrons. The van der Waals surface area contributed by atoms with Crippen LogP contribution in [0.5, 0.6) is 0 Å². The average molecular weight is 330 g/mol. The number of likely N-dealkylation sites (tertiary alicyclic amines) is 1. The maximum Gasteiger partial charge on any atom is 0.225 e. The molecule has 0 N–H and O–H groups in total. The number of nitrogens with zero attached hydrogens (tertiary/aromatic N) is 4. The van der Waals surface area contributed by atoms with Gasteiger partial charge in [-0.05, 0) is 31.4 Å². The van der Waals surface area contributed by atoms with E-state index in [9.17, 15) is 4.79 Å². The van der Waals surface area contributed by atoms with Gasteiger partial charge >= 0.3 is 0 Å². The topological polar surface area (TPSA) is 39.7 Å². The maximum atomic E-state index is 12.1. The van der Waals surface area contributed by atoms with Crippen LogP contribution in [0.4, 0.5) is 5.82 Å². The number of aryl methyl sites for hydroxylation is 1. The number of piperazine rings is 1. The molecule has 1 aromatic rings. The molecule has 3 heterocycles. The predicted octanol–water partition coefficient (Wildman–Crippen LogP) is 2.16. The van der Waals surface area contributed by atoms with Crippen LogP contribution in [0, 0.1) is 12.8 Å². The van der Waals surface area contributed by atoms with Crippen molar-refractivity contribution >= 4 is 11.7 Å². The minimum atomic E-state index is 0.117. The third kappa shape index (κ3) is 3.72. The summed E-state index contributed by atoms with van der Waals surface area (Å²) in [4.78, 5) is 23.7. The summed E-state index contributed by atoms with van der Waals surface area (Å²) in [5.41, 5.74) is 1.26. The second kappa shape index (κ2) is 7.51. The highest BCUT2D eigenvalue weighted by atomic mass is 16.2. The summed E-state index contributed by atoms with van der Waals surface area (Å²) in [6, 6.07) is 4.77. The van der Waals surface area contributed by atoms with Gasteiger partial charge in [0, 0.05) is 57.4 Å². The fraction of sp³-hybridized carbons (Fsp3) is 0.684. The predicted molar refractivity (Wildman–Crippen MR) is 97.2 cm³/mol. The number of aromatic nitrogens is 1. The van der Waals surface area contributed by atoms with Crippen molar-refractivity contribution in [3.63, 3.8) is 0 Å². The van der Waals surface area contributed by atoms with E-state index in [1.807, 2.05) is 26.1 Å². The minimum absolute atomic E-state index is 0.117. The van der Waals surface area contributed by atoms with Gasteiger partial charge in [-0.3, -0.25) is 9.69 Å². The Bertz CT molecular complexity index is 558. The normalized spacial score (nSPS) is 20.7. The lowest BCUT2D eigenvalue weighted by molar-refractivity contribution is -0.136.